The van der Waals surface area contributed by atoms with Crippen molar-refractivity contribution >= 4 is 29.3 Å². The molecule has 5 nitrogen and oxygen atoms in total. The second-order valence-corrected chi connectivity index (χ2v) is 5.95. The Morgan fingerprint density at radius 2 is 1.71 bits per heavy atom. The molecule has 0 unspecified atom stereocenters. The molecule has 2 aromatic heterocycles. The summed E-state index contributed by atoms with van der Waals surface area (Å²) in [6, 6.07) is 12.5. The van der Waals surface area contributed by atoms with Crippen LogP contribution in [0.2, 0.25) is 0 Å². The van der Waals surface area contributed by atoms with Crippen molar-refractivity contribution in [3.63, 3.8) is 0 Å². The summed E-state index contributed by atoms with van der Waals surface area (Å²) in [6.45, 7) is 4.15. The van der Waals surface area contributed by atoms with Crippen LogP contribution in [0.5, 0.6) is 0 Å². The maximum atomic E-state index is 4.72. The Balaban J connectivity index is 0.00000104. The van der Waals surface area contributed by atoms with Gasteiger partial charge in [0.05, 0.1) is 5.52 Å². The minimum Gasteiger partial charge on any atom is -0.412 e. The lowest BCUT2D eigenvalue weighted by Crippen LogP contribution is -2.30. The highest BCUT2D eigenvalue weighted by atomic mass is 35.5. The molecule has 1 aliphatic rings. The van der Waals surface area contributed by atoms with Gasteiger partial charge in [-0.15, -0.1) is 12.4 Å². The molecular weight excluding hydrogens is 324 g/mol. The van der Waals surface area contributed by atoms with Crippen LogP contribution in [0.4, 0.5) is 5.82 Å². The number of hydrogen-bond donors (Lipinski definition) is 1. The summed E-state index contributed by atoms with van der Waals surface area (Å²) in [5, 5.41) is 0. The Morgan fingerprint density at radius 1 is 1.00 bits per heavy atom. The predicted octanol–water partition coefficient (Wildman–Crippen LogP) is 3.52. The van der Waals surface area contributed by atoms with E-state index in [-0.39, 0.29) is 17.9 Å². The lowest BCUT2D eigenvalue weighted by atomic mass is 10.1. The van der Waals surface area contributed by atoms with Crippen molar-refractivity contribution in [3.8, 4) is 11.3 Å². The highest BCUT2D eigenvalue weighted by molar-refractivity contribution is 5.90. The fourth-order valence-corrected chi connectivity index (χ4v) is 3.22. The molecule has 0 amide bonds. The fourth-order valence-electron chi connectivity index (χ4n) is 3.22. The molecule has 0 atom stereocenters. The topological polar surface area (TPSA) is 76.3 Å². The van der Waals surface area contributed by atoms with Gasteiger partial charge in [0.15, 0.2) is 5.82 Å². The van der Waals surface area contributed by atoms with E-state index in [4.69, 9.17) is 4.98 Å². The number of aryl methyl sites for hydroxylation is 1. The van der Waals surface area contributed by atoms with Gasteiger partial charge in [-0.1, -0.05) is 30.3 Å². The minimum atomic E-state index is 0. The van der Waals surface area contributed by atoms with E-state index < -0.39 is 0 Å². The number of H-pyrrole nitrogens is 1. The van der Waals surface area contributed by atoms with Crippen LogP contribution in [-0.4, -0.2) is 33.5 Å². The molecule has 0 radical (unpaired) electrons. The van der Waals surface area contributed by atoms with Crippen LogP contribution >= 0.6 is 12.4 Å². The van der Waals surface area contributed by atoms with E-state index >= 15 is 0 Å². The molecule has 4 rings (SSSR count). The average Bonchev–Trinajstić information content (AvgIpc) is 2.99. The van der Waals surface area contributed by atoms with Crippen molar-refractivity contribution < 1.29 is 5.48 Å². The first kappa shape index (κ1) is 18.2. The first-order chi connectivity index (χ1) is 10.8. The van der Waals surface area contributed by atoms with Crippen molar-refractivity contribution in [3.05, 3.63) is 42.2 Å². The van der Waals surface area contributed by atoms with Gasteiger partial charge >= 0.3 is 0 Å². The third-order valence-corrected chi connectivity index (χ3v) is 4.31. The maximum Gasteiger partial charge on any atom is 0.156 e. The normalized spacial score (nSPS) is 14.1. The summed E-state index contributed by atoms with van der Waals surface area (Å²) in [7, 11) is 0. The van der Waals surface area contributed by atoms with E-state index in [1.165, 1.54) is 24.8 Å². The molecule has 0 bridgehead atoms. The molecule has 3 aromatic rings. The van der Waals surface area contributed by atoms with Crippen molar-refractivity contribution in [2.45, 2.75) is 26.2 Å². The average molecular weight is 347 g/mol. The molecule has 1 saturated heterocycles. The second-order valence-electron chi connectivity index (χ2n) is 5.95. The maximum absolute atomic E-state index is 4.72. The molecule has 3 heterocycles. The molecule has 0 spiro atoms. The van der Waals surface area contributed by atoms with Gasteiger partial charge in [-0.05, 0) is 37.8 Å². The number of fused-ring (bicyclic) bond motifs is 1. The third kappa shape index (κ3) is 3.37. The summed E-state index contributed by atoms with van der Waals surface area (Å²) in [6.07, 6.45) is 3.82. The molecule has 128 valence electrons. The third-order valence-electron chi connectivity index (χ3n) is 4.31. The van der Waals surface area contributed by atoms with Gasteiger partial charge < -0.3 is 15.4 Å². The van der Waals surface area contributed by atoms with Gasteiger partial charge in [-0.25, -0.2) is 9.97 Å². The number of nitrogens with zero attached hydrogens (tertiary/aromatic N) is 3. The monoisotopic (exact) mass is 346 g/mol. The van der Waals surface area contributed by atoms with Crippen LogP contribution in [0, 0.1) is 6.92 Å². The SMILES string of the molecule is Cc1nc(N2CCCCC2)c2[nH]c(-c3ccccc3)cc2n1.Cl.O. The molecule has 0 aliphatic carbocycles. The zero-order chi connectivity index (χ0) is 14.9. The van der Waals surface area contributed by atoms with Crippen LogP contribution in [0.1, 0.15) is 25.1 Å². The Morgan fingerprint density at radius 3 is 2.42 bits per heavy atom. The van der Waals surface area contributed by atoms with E-state index in [9.17, 15) is 0 Å². The molecular formula is C18H23ClN4O. The molecule has 24 heavy (non-hydrogen) atoms. The summed E-state index contributed by atoms with van der Waals surface area (Å²) in [5.41, 5.74) is 4.36. The van der Waals surface area contributed by atoms with Gasteiger partial charge in [-0.3, -0.25) is 0 Å². The van der Waals surface area contributed by atoms with Crippen LogP contribution < -0.4 is 4.90 Å². The number of rotatable bonds is 2. The summed E-state index contributed by atoms with van der Waals surface area (Å²) < 4.78 is 0. The minimum absolute atomic E-state index is 0. The summed E-state index contributed by atoms with van der Waals surface area (Å²) in [5.74, 6) is 1.90. The van der Waals surface area contributed by atoms with Crippen LogP contribution in [0.15, 0.2) is 36.4 Å². The lowest BCUT2D eigenvalue weighted by Gasteiger charge is -2.28. The summed E-state index contributed by atoms with van der Waals surface area (Å²) in [4.78, 5) is 15.3. The highest BCUT2D eigenvalue weighted by Gasteiger charge is 2.18. The van der Waals surface area contributed by atoms with Gasteiger partial charge in [-0.2, -0.15) is 0 Å². The number of hydrogen-bond acceptors (Lipinski definition) is 3. The Kier molecular flexibility index (Phi) is 5.80. The van der Waals surface area contributed by atoms with E-state index in [1.54, 1.807) is 0 Å². The first-order valence-corrected chi connectivity index (χ1v) is 7.99. The number of aromatic nitrogens is 3. The molecule has 1 aromatic carbocycles. The number of benzene rings is 1. The second kappa shape index (κ2) is 7.64. The molecule has 1 fully saturated rings. The van der Waals surface area contributed by atoms with Crippen LogP contribution in [0.3, 0.4) is 0 Å². The number of halogens is 1. The van der Waals surface area contributed by atoms with Gasteiger partial charge in [0, 0.05) is 18.8 Å². The predicted molar refractivity (Wildman–Crippen MR) is 101 cm³/mol. The number of anilines is 1. The number of piperidine rings is 1. The lowest BCUT2D eigenvalue weighted by molar-refractivity contribution is 0.574. The van der Waals surface area contributed by atoms with Crippen molar-refractivity contribution in [1.82, 2.24) is 15.0 Å². The van der Waals surface area contributed by atoms with Gasteiger partial charge in [0.1, 0.15) is 11.3 Å². The quantitative estimate of drug-likeness (QED) is 0.771. The van der Waals surface area contributed by atoms with Gasteiger partial charge in [0.25, 0.3) is 0 Å². The standard InChI is InChI=1S/C18H20N4.ClH.H2O/c1-13-19-16-12-15(14-8-4-2-5-9-14)21-17(16)18(20-13)22-10-6-3-7-11-22;;/h2,4-5,8-9,12,21H,3,6-7,10-11H2,1H3;1H;1H2. The number of nitrogens with one attached hydrogen (secondary N) is 1. The van der Waals surface area contributed by atoms with E-state index in [2.05, 4.69) is 45.2 Å². The van der Waals surface area contributed by atoms with Crippen LogP contribution in [-0.2, 0) is 0 Å². The molecule has 6 heteroatoms. The summed E-state index contributed by atoms with van der Waals surface area (Å²) >= 11 is 0. The van der Waals surface area contributed by atoms with Crippen molar-refractivity contribution in [2.75, 3.05) is 18.0 Å². The smallest absolute Gasteiger partial charge is 0.156 e. The van der Waals surface area contributed by atoms with E-state index in [0.29, 0.717) is 0 Å². The van der Waals surface area contributed by atoms with E-state index in [0.717, 1.165) is 41.5 Å². The highest BCUT2D eigenvalue weighted by Crippen LogP contribution is 2.29. The largest absolute Gasteiger partial charge is 0.412 e. The Bertz CT molecular complexity index is 797. The van der Waals surface area contributed by atoms with Gasteiger partial charge in [0.2, 0.25) is 0 Å². The molecule has 3 N–H and O–H groups in total. The van der Waals surface area contributed by atoms with Crippen molar-refractivity contribution in [2.24, 2.45) is 0 Å². The molecule has 1 aliphatic heterocycles. The first-order valence-electron chi connectivity index (χ1n) is 7.99. The van der Waals surface area contributed by atoms with Crippen molar-refractivity contribution in [1.29, 1.82) is 0 Å². The van der Waals surface area contributed by atoms with Crippen LogP contribution in [0.25, 0.3) is 22.3 Å². The fraction of sp³-hybridized carbons (Fsp3) is 0.333. The van der Waals surface area contributed by atoms with E-state index in [1.807, 2.05) is 13.0 Å². The zero-order valence-electron chi connectivity index (χ0n) is 13.7. The Hall–Kier alpha value is -2.11. The molecule has 0 saturated carbocycles. The zero-order valence-corrected chi connectivity index (χ0v) is 14.6. The Labute approximate surface area is 147 Å². The number of aromatic amines is 1.